The standard InChI is InChI=1S/C34H46N5O8P/c1-24(2)39(25(3)4)48(44-21-13-19-35)47-28-22-31(46-29(28)23-43-34(42)45-27-16-11-6-5-7-12-17-27)38-20-18-30(37-33(38)41)36-32(40)26-14-9-8-10-15-26/h8-11,14-16,18,20,24-25,27-29,31H,5-7,12-13,17,21-23H2,1-4H3,(H,36,37,40,41)/b16-11+/t27?,28-,29+,31+,48?/m0/s1. The van der Waals surface area contributed by atoms with Crippen LogP contribution >= 0.6 is 8.53 Å². The molecule has 0 radical (unpaired) electrons. The van der Waals surface area contributed by atoms with Gasteiger partial charge in [0.15, 0.2) is 0 Å². The lowest BCUT2D eigenvalue weighted by atomic mass is 10.0. The summed E-state index contributed by atoms with van der Waals surface area (Å²) in [7, 11) is -1.66. The van der Waals surface area contributed by atoms with Crippen molar-refractivity contribution >= 4 is 26.4 Å². The summed E-state index contributed by atoms with van der Waals surface area (Å²) in [6.45, 7) is 8.12. The molecule has 1 amide bonds. The number of rotatable bonds is 14. The van der Waals surface area contributed by atoms with Gasteiger partial charge in [-0.2, -0.15) is 10.2 Å². The number of carbonyl (C=O) groups is 2. The first kappa shape index (κ1) is 37.2. The molecule has 1 fully saturated rings. The van der Waals surface area contributed by atoms with Crippen LogP contribution in [0.2, 0.25) is 0 Å². The third-order valence-electron chi connectivity index (χ3n) is 7.81. The minimum atomic E-state index is -1.66. The van der Waals surface area contributed by atoms with E-state index in [1.54, 1.807) is 30.3 Å². The van der Waals surface area contributed by atoms with Crippen molar-refractivity contribution in [2.75, 3.05) is 18.5 Å². The second-order valence-corrected chi connectivity index (χ2v) is 13.6. The molecule has 1 aromatic carbocycles. The third-order valence-corrected chi connectivity index (χ3v) is 9.96. The summed E-state index contributed by atoms with van der Waals surface area (Å²) in [5, 5.41) is 11.8. The number of hydrogen-bond donors (Lipinski definition) is 1. The summed E-state index contributed by atoms with van der Waals surface area (Å²) in [5.41, 5.74) is -0.208. The maximum absolute atomic E-state index is 13.2. The molecule has 14 heteroatoms. The highest BCUT2D eigenvalue weighted by atomic mass is 31.2. The van der Waals surface area contributed by atoms with Crippen LogP contribution in [0, 0.1) is 11.3 Å². The van der Waals surface area contributed by atoms with E-state index in [9.17, 15) is 14.4 Å². The van der Waals surface area contributed by atoms with Gasteiger partial charge in [0.1, 0.15) is 30.9 Å². The van der Waals surface area contributed by atoms with Crippen molar-refractivity contribution in [3.8, 4) is 6.07 Å². The first-order chi connectivity index (χ1) is 23.2. The fraction of sp³-hybridized carbons (Fsp3) is 0.559. The highest BCUT2D eigenvalue weighted by Crippen LogP contribution is 2.50. The lowest BCUT2D eigenvalue weighted by Gasteiger charge is -2.37. The van der Waals surface area contributed by atoms with Crippen molar-refractivity contribution in [3.05, 3.63) is 70.8 Å². The second kappa shape index (κ2) is 18.8. The summed E-state index contributed by atoms with van der Waals surface area (Å²) in [4.78, 5) is 42.6. The van der Waals surface area contributed by atoms with Gasteiger partial charge in [-0.25, -0.2) is 14.3 Å². The number of amides is 1. The molecule has 0 spiro atoms. The minimum Gasteiger partial charge on any atom is -0.431 e. The molecule has 1 aromatic heterocycles. The lowest BCUT2D eigenvalue weighted by Crippen LogP contribution is -2.37. The molecule has 4 rings (SSSR count). The molecular formula is C34H46N5O8P. The van der Waals surface area contributed by atoms with Crippen molar-refractivity contribution < 1.29 is 32.8 Å². The molecule has 2 heterocycles. The number of nitrogens with zero attached hydrogens (tertiary/aromatic N) is 4. The van der Waals surface area contributed by atoms with Crippen molar-refractivity contribution in [1.82, 2.24) is 14.2 Å². The smallest absolute Gasteiger partial charge is 0.431 e. The number of aromatic nitrogens is 2. The Morgan fingerprint density at radius 1 is 1.15 bits per heavy atom. The average Bonchev–Trinajstić information content (AvgIpc) is 3.43. The number of benzene rings is 1. The van der Waals surface area contributed by atoms with Crippen molar-refractivity contribution in [1.29, 1.82) is 5.26 Å². The fourth-order valence-electron chi connectivity index (χ4n) is 5.56. The van der Waals surface area contributed by atoms with Crippen LogP contribution < -0.4 is 11.0 Å². The van der Waals surface area contributed by atoms with E-state index >= 15 is 0 Å². The Hall–Kier alpha value is -3.66. The maximum Gasteiger partial charge on any atom is 0.508 e. The van der Waals surface area contributed by atoms with Gasteiger partial charge in [0.05, 0.1) is 25.2 Å². The molecule has 13 nitrogen and oxygen atoms in total. The van der Waals surface area contributed by atoms with Crippen LogP contribution in [0.3, 0.4) is 0 Å². The van der Waals surface area contributed by atoms with E-state index in [1.807, 2.05) is 39.8 Å². The summed E-state index contributed by atoms with van der Waals surface area (Å²) >= 11 is 0. The SMILES string of the molecule is CC(C)N(C(C)C)P(OCCC#N)O[C@H]1C[C@H](n2ccc(NC(=O)c3ccccc3)nc2=O)O[C@@H]1COC(=O)OC1/C=C/CCCCC1. The van der Waals surface area contributed by atoms with Crippen LogP contribution in [0.4, 0.5) is 10.6 Å². The van der Waals surface area contributed by atoms with Crippen LogP contribution in [0.5, 0.6) is 0 Å². The average molecular weight is 684 g/mol. The largest absolute Gasteiger partial charge is 0.508 e. The quantitative estimate of drug-likeness (QED) is 0.101. The molecule has 5 atom stereocenters. The monoisotopic (exact) mass is 683 g/mol. The maximum atomic E-state index is 13.2. The molecule has 1 N–H and O–H groups in total. The van der Waals surface area contributed by atoms with Gasteiger partial charge in [-0.05, 0) is 77.7 Å². The van der Waals surface area contributed by atoms with Crippen LogP contribution in [0.1, 0.15) is 89.2 Å². The second-order valence-electron chi connectivity index (χ2n) is 12.2. The van der Waals surface area contributed by atoms with Gasteiger partial charge in [-0.3, -0.25) is 9.36 Å². The molecule has 1 aliphatic carbocycles. The Morgan fingerprint density at radius 3 is 2.62 bits per heavy atom. The topological polar surface area (TPSA) is 154 Å². The molecular weight excluding hydrogens is 637 g/mol. The van der Waals surface area contributed by atoms with Gasteiger partial charge < -0.3 is 28.6 Å². The number of carbonyl (C=O) groups excluding carboxylic acids is 2. The number of allylic oxidation sites excluding steroid dienone is 1. The van der Waals surface area contributed by atoms with Gasteiger partial charge in [-0.1, -0.05) is 30.7 Å². The highest BCUT2D eigenvalue weighted by molar-refractivity contribution is 7.44. The highest BCUT2D eigenvalue weighted by Gasteiger charge is 2.42. The van der Waals surface area contributed by atoms with Crippen molar-refractivity contribution in [2.45, 2.75) is 109 Å². The number of anilines is 1. The van der Waals surface area contributed by atoms with E-state index in [0.29, 0.717) is 5.56 Å². The van der Waals surface area contributed by atoms with Crippen molar-refractivity contribution in [3.63, 3.8) is 0 Å². The van der Waals surface area contributed by atoms with Gasteiger partial charge in [0.25, 0.3) is 14.4 Å². The third kappa shape index (κ3) is 10.9. The molecule has 2 aromatic rings. The first-order valence-corrected chi connectivity index (χ1v) is 17.7. The Kier molecular flexibility index (Phi) is 14.5. The molecule has 1 saturated heterocycles. The number of nitrogens with one attached hydrogen (secondary N) is 1. The predicted octanol–water partition coefficient (Wildman–Crippen LogP) is 6.49. The number of hydrogen-bond acceptors (Lipinski definition) is 11. The van der Waals surface area contributed by atoms with Gasteiger partial charge in [0, 0.05) is 30.3 Å². The molecule has 2 aliphatic rings. The van der Waals surface area contributed by atoms with Crippen LogP contribution in [-0.2, 0) is 23.3 Å². The Balaban J connectivity index is 1.51. The molecule has 1 aliphatic heterocycles. The molecule has 48 heavy (non-hydrogen) atoms. The normalized spacial score (nSPS) is 22.5. The molecule has 260 valence electrons. The van der Waals surface area contributed by atoms with E-state index in [2.05, 4.69) is 21.0 Å². The number of ether oxygens (including phenoxy) is 3. The predicted molar refractivity (Wildman–Crippen MR) is 180 cm³/mol. The summed E-state index contributed by atoms with van der Waals surface area (Å²) in [6, 6.07) is 12.3. The first-order valence-electron chi connectivity index (χ1n) is 16.5. The van der Waals surface area contributed by atoms with Gasteiger partial charge in [-0.15, -0.1) is 0 Å². The minimum absolute atomic E-state index is 0.0586. The van der Waals surface area contributed by atoms with E-state index in [0.717, 1.165) is 32.1 Å². The zero-order valence-corrected chi connectivity index (χ0v) is 28.9. The Labute approximate surface area is 283 Å². The van der Waals surface area contributed by atoms with Crippen LogP contribution in [0.25, 0.3) is 0 Å². The number of nitriles is 1. The lowest BCUT2D eigenvalue weighted by molar-refractivity contribution is -0.0596. The van der Waals surface area contributed by atoms with Crippen molar-refractivity contribution in [2.24, 2.45) is 0 Å². The van der Waals surface area contributed by atoms with Gasteiger partial charge >= 0.3 is 11.8 Å². The van der Waals surface area contributed by atoms with Crippen LogP contribution in [-0.4, -0.2) is 69.9 Å². The Bertz CT molecular complexity index is 1460. The Morgan fingerprint density at radius 2 is 1.92 bits per heavy atom. The summed E-state index contributed by atoms with van der Waals surface area (Å²) in [5.74, 6) is -0.296. The molecule has 0 bridgehead atoms. The molecule has 2 unspecified atom stereocenters. The van der Waals surface area contributed by atoms with E-state index in [-0.39, 0.29) is 50.1 Å². The van der Waals surface area contributed by atoms with Gasteiger partial charge in [0.2, 0.25) is 0 Å². The zero-order valence-electron chi connectivity index (χ0n) is 28.0. The fourth-order valence-corrected chi connectivity index (χ4v) is 7.31. The summed E-state index contributed by atoms with van der Waals surface area (Å²) < 4.78 is 33.5. The zero-order chi connectivity index (χ0) is 34.5. The van der Waals surface area contributed by atoms with Crippen LogP contribution in [0.15, 0.2) is 59.5 Å². The van der Waals surface area contributed by atoms with E-state index < -0.39 is 44.7 Å². The summed E-state index contributed by atoms with van der Waals surface area (Å²) in [6.07, 6.45) is 7.25. The van der Waals surface area contributed by atoms with E-state index in [1.165, 1.54) is 16.8 Å². The van der Waals surface area contributed by atoms with E-state index in [4.69, 9.17) is 28.5 Å². The molecule has 0 saturated carbocycles.